The molecule has 74 valence electrons. The number of likely N-dealkylation sites (N-methyl/N-ethyl adjacent to an activating group) is 1. The average molecular weight is 191 g/mol. The van der Waals surface area contributed by atoms with E-state index in [0.717, 1.165) is 6.54 Å². The normalized spacial score (nSPS) is 14.6. The summed E-state index contributed by atoms with van der Waals surface area (Å²) in [5.74, 6) is 0. The van der Waals surface area contributed by atoms with Gasteiger partial charge in [-0.1, -0.05) is 36.4 Å². The van der Waals surface area contributed by atoms with Crippen molar-refractivity contribution in [3.8, 4) is 0 Å². The van der Waals surface area contributed by atoms with Gasteiger partial charge in [0.2, 0.25) is 0 Å². The monoisotopic (exact) mass is 191 g/mol. The molecule has 1 aliphatic rings. The summed E-state index contributed by atoms with van der Waals surface area (Å²) in [6, 6.07) is 10.5. The van der Waals surface area contributed by atoms with E-state index in [1.165, 1.54) is 11.1 Å². The molecule has 0 saturated carbocycles. The van der Waals surface area contributed by atoms with Gasteiger partial charge in [0, 0.05) is 13.6 Å². The summed E-state index contributed by atoms with van der Waals surface area (Å²) < 4.78 is 0. The van der Waals surface area contributed by atoms with Crippen LogP contribution in [-0.2, 0) is 0 Å². The molecular formula is C12H14FN. The number of allylic oxidation sites excluding steroid dienone is 2. The van der Waals surface area contributed by atoms with Crippen LogP contribution in [-0.4, -0.2) is 18.5 Å². The number of hydrogen-bond donors (Lipinski definition) is 0. The van der Waals surface area contributed by atoms with Gasteiger partial charge in [-0.2, -0.15) is 0 Å². The van der Waals surface area contributed by atoms with E-state index in [2.05, 4.69) is 54.6 Å². The van der Waals surface area contributed by atoms with E-state index in [1.807, 2.05) is 6.07 Å². The molecule has 0 unspecified atom stereocenters. The van der Waals surface area contributed by atoms with Gasteiger partial charge >= 0.3 is 0 Å². The Balaban J connectivity index is 0.000000980. The Bertz CT molecular complexity index is 341. The Hall–Kier alpha value is -1.57. The van der Waals surface area contributed by atoms with Gasteiger partial charge in [-0.15, -0.1) is 0 Å². The number of hydrogen-bond acceptors (Lipinski definition) is 1. The summed E-state index contributed by atoms with van der Waals surface area (Å²) in [6.07, 6.45) is 6.51. The smallest absolute Gasteiger partial charge is 0.0359 e. The van der Waals surface area contributed by atoms with Gasteiger partial charge in [-0.05, 0) is 23.4 Å². The maximum Gasteiger partial charge on any atom is 0.0359 e. The van der Waals surface area contributed by atoms with Crippen molar-refractivity contribution in [1.29, 1.82) is 0 Å². The minimum atomic E-state index is 0. The zero-order chi connectivity index (χ0) is 9.10. The van der Waals surface area contributed by atoms with Crippen LogP contribution in [0.2, 0.25) is 0 Å². The third-order valence-electron chi connectivity index (χ3n) is 2.21. The molecule has 0 aromatic heterocycles. The molecule has 1 aliphatic heterocycles. The van der Waals surface area contributed by atoms with Crippen molar-refractivity contribution in [3.63, 3.8) is 0 Å². The fourth-order valence-corrected chi connectivity index (χ4v) is 1.42. The first-order valence-electron chi connectivity index (χ1n) is 4.50. The van der Waals surface area contributed by atoms with Crippen LogP contribution in [0.1, 0.15) is 5.56 Å². The first kappa shape index (κ1) is 10.5. The first-order valence-corrected chi connectivity index (χ1v) is 4.50. The van der Waals surface area contributed by atoms with E-state index in [9.17, 15) is 0 Å². The molecule has 2 rings (SSSR count). The van der Waals surface area contributed by atoms with E-state index in [1.54, 1.807) is 0 Å². The highest BCUT2D eigenvalue weighted by atomic mass is 19.0. The second-order valence-electron chi connectivity index (χ2n) is 3.28. The molecule has 0 radical (unpaired) electrons. The van der Waals surface area contributed by atoms with Crippen LogP contribution in [0.4, 0.5) is 4.70 Å². The van der Waals surface area contributed by atoms with Gasteiger partial charge in [-0.3, -0.25) is 4.70 Å². The van der Waals surface area contributed by atoms with Crippen LogP contribution in [0.25, 0.3) is 5.57 Å². The van der Waals surface area contributed by atoms with E-state index >= 15 is 0 Å². The van der Waals surface area contributed by atoms with Gasteiger partial charge in [0.25, 0.3) is 0 Å². The fraction of sp³-hybridized carbons (Fsp3) is 0.167. The molecule has 0 spiro atoms. The molecule has 1 aromatic carbocycles. The fourth-order valence-electron chi connectivity index (χ4n) is 1.42. The molecule has 1 nitrogen and oxygen atoms in total. The van der Waals surface area contributed by atoms with Crippen LogP contribution in [0.3, 0.4) is 0 Å². The Morgan fingerprint density at radius 2 is 1.86 bits per heavy atom. The van der Waals surface area contributed by atoms with E-state index in [0.29, 0.717) is 0 Å². The number of nitrogens with zero attached hydrogens (tertiary/aromatic N) is 1. The molecule has 0 bridgehead atoms. The maximum absolute atomic E-state index is 2.25. The Labute approximate surface area is 83.7 Å². The summed E-state index contributed by atoms with van der Waals surface area (Å²) in [5, 5.41) is 0. The summed E-state index contributed by atoms with van der Waals surface area (Å²) in [6.45, 7) is 1.00. The second kappa shape index (κ2) is 4.61. The van der Waals surface area contributed by atoms with Crippen molar-refractivity contribution in [3.05, 3.63) is 54.2 Å². The highest BCUT2D eigenvalue weighted by molar-refractivity contribution is 5.74. The molecule has 2 heteroatoms. The molecule has 0 atom stereocenters. The third kappa shape index (κ3) is 2.22. The lowest BCUT2D eigenvalue weighted by Gasteiger charge is -2.17. The Morgan fingerprint density at radius 1 is 1.14 bits per heavy atom. The molecule has 1 aromatic rings. The minimum Gasteiger partial charge on any atom is -0.377 e. The van der Waals surface area contributed by atoms with Gasteiger partial charge in [0.1, 0.15) is 0 Å². The van der Waals surface area contributed by atoms with Gasteiger partial charge in [0.05, 0.1) is 0 Å². The van der Waals surface area contributed by atoms with Crippen LogP contribution < -0.4 is 0 Å². The summed E-state index contributed by atoms with van der Waals surface area (Å²) in [5.41, 5.74) is 2.62. The van der Waals surface area contributed by atoms with Crippen LogP contribution in [0, 0.1) is 0 Å². The lowest BCUT2D eigenvalue weighted by atomic mass is 10.0. The third-order valence-corrected chi connectivity index (χ3v) is 2.21. The highest BCUT2D eigenvalue weighted by Gasteiger charge is 2.01. The average Bonchev–Trinajstić information content (AvgIpc) is 2.20. The summed E-state index contributed by atoms with van der Waals surface area (Å²) in [4.78, 5) is 2.16. The van der Waals surface area contributed by atoms with Gasteiger partial charge in [0.15, 0.2) is 0 Å². The Kier molecular flexibility index (Phi) is 3.46. The molecular weight excluding hydrogens is 177 g/mol. The molecule has 0 N–H and O–H groups in total. The van der Waals surface area contributed by atoms with Crippen molar-refractivity contribution < 1.29 is 4.70 Å². The topological polar surface area (TPSA) is 3.24 Å². The van der Waals surface area contributed by atoms with Crippen molar-refractivity contribution in [1.82, 2.24) is 4.90 Å². The van der Waals surface area contributed by atoms with E-state index in [4.69, 9.17) is 0 Å². The molecule has 0 aliphatic carbocycles. The van der Waals surface area contributed by atoms with Gasteiger partial charge in [-0.25, -0.2) is 0 Å². The largest absolute Gasteiger partial charge is 0.377 e. The van der Waals surface area contributed by atoms with Crippen molar-refractivity contribution in [2.24, 2.45) is 0 Å². The van der Waals surface area contributed by atoms with E-state index < -0.39 is 0 Å². The molecule has 0 amide bonds. The molecule has 14 heavy (non-hydrogen) atoms. The van der Waals surface area contributed by atoms with Crippen molar-refractivity contribution in [2.45, 2.75) is 0 Å². The number of halogens is 1. The SMILES string of the molecule is CN1C=CC(c2ccccc2)=CC1.F. The molecule has 0 saturated heterocycles. The van der Waals surface area contributed by atoms with Crippen LogP contribution in [0.15, 0.2) is 48.7 Å². The first-order chi connectivity index (χ1) is 6.36. The van der Waals surface area contributed by atoms with Gasteiger partial charge < -0.3 is 4.90 Å². The van der Waals surface area contributed by atoms with Crippen LogP contribution >= 0.6 is 0 Å². The van der Waals surface area contributed by atoms with E-state index in [-0.39, 0.29) is 4.70 Å². The maximum atomic E-state index is 2.25. The predicted molar refractivity (Wildman–Crippen MR) is 58.7 cm³/mol. The summed E-state index contributed by atoms with van der Waals surface area (Å²) in [7, 11) is 2.08. The minimum absolute atomic E-state index is 0. The zero-order valence-corrected chi connectivity index (χ0v) is 8.18. The lowest BCUT2D eigenvalue weighted by molar-refractivity contribution is 0.506. The molecule has 0 fully saturated rings. The van der Waals surface area contributed by atoms with Crippen LogP contribution in [0.5, 0.6) is 0 Å². The highest BCUT2D eigenvalue weighted by Crippen LogP contribution is 2.18. The van der Waals surface area contributed by atoms with Crippen molar-refractivity contribution >= 4 is 5.57 Å². The number of benzene rings is 1. The quantitative estimate of drug-likeness (QED) is 0.659. The predicted octanol–water partition coefficient (Wildman–Crippen LogP) is 2.68. The lowest BCUT2D eigenvalue weighted by Crippen LogP contribution is -2.13. The Morgan fingerprint density at radius 3 is 2.43 bits per heavy atom. The summed E-state index contributed by atoms with van der Waals surface area (Å²) >= 11 is 0. The second-order valence-corrected chi connectivity index (χ2v) is 3.28. The standard InChI is InChI=1S/C12H13N.FH/c1-13-9-7-12(8-10-13)11-5-3-2-4-6-11;/h2-9H,10H2,1H3;1H. The van der Waals surface area contributed by atoms with Crippen molar-refractivity contribution in [2.75, 3.05) is 13.6 Å². The number of rotatable bonds is 1. The molecule has 1 heterocycles. The zero-order valence-electron chi connectivity index (χ0n) is 8.18.